The predicted octanol–water partition coefficient (Wildman–Crippen LogP) is 3.13. The number of para-hydroxylation sites is 1. The quantitative estimate of drug-likeness (QED) is 0.471. The minimum Gasteiger partial charge on any atom is -0.497 e. The Morgan fingerprint density at radius 3 is 2.39 bits per heavy atom. The number of carbonyl (C=O) groups is 1. The van der Waals surface area contributed by atoms with E-state index in [9.17, 15) is 18.3 Å². The zero-order valence-corrected chi connectivity index (χ0v) is 17.8. The Balaban J connectivity index is 0.00000166. The molecule has 31 heavy (non-hydrogen) atoms. The molecule has 4 N–H and O–H groups in total. The van der Waals surface area contributed by atoms with Crippen LogP contribution in [0.25, 0.3) is 17.0 Å². The minimum absolute atomic E-state index is 0.0290. The summed E-state index contributed by atoms with van der Waals surface area (Å²) in [5.74, 6) is 2.75. The summed E-state index contributed by atoms with van der Waals surface area (Å²) in [5.41, 5.74) is 1.03. The lowest BCUT2D eigenvalue weighted by atomic mass is 10.1. The van der Waals surface area contributed by atoms with E-state index >= 15 is 0 Å². The van der Waals surface area contributed by atoms with E-state index in [1.807, 2.05) is 0 Å². The Kier molecular flexibility index (Phi) is 7.70. The van der Waals surface area contributed by atoms with E-state index in [0.29, 0.717) is 22.2 Å². The molecule has 9 nitrogen and oxygen atoms in total. The van der Waals surface area contributed by atoms with E-state index in [4.69, 9.17) is 9.94 Å². The van der Waals surface area contributed by atoms with Crippen LogP contribution >= 0.6 is 0 Å². The molecule has 0 spiro atoms. The number of hydrogen-bond acceptors (Lipinski definition) is 7. The highest BCUT2D eigenvalue weighted by molar-refractivity contribution is 7.92. The number of rotatable bonds is 7. The molecule has 0 aliphatic rings. The van der Waals surface area contributed by atoms with Crippen LogP contribution in [0.15, 0.2) is 60.1 Å². The smallest absolute Gasteiger partial charge is 0.339 e. The number of anilines is 1. The molecule has 0 radical (unpaired) electrons. The van der Waals surface area contributed by atoms with Crippen LogP contribution in [0.1, 0.15) is 22.8 Å². The Morgan fingerprint density at radius 1 is 1.23 bits per heavy atom. The second-order valence-electron chi connectivity index (χ2n) is 6.12. The van der Waals surface area contributed by atoms with Crippen LogP contribution in [0.4, 0.5) is 5.69 Å². The van der Waals surface area contributed by atoms with Gasteiger partial charge < -0.3 is 15.1 Å². The first kappa shape index (κ1) is 23.8. The van der Waals surface area contributed by atoms with E-state index < -0.39 is 16.0 Å². The van der Waals surface area contributed by atoms with Gasteiger partial charge in [0.2, 0.25) is 0 Å². The van der Waals surface area contributed by atoms with Gasteiger partial charge in [0.15, 0.2) is 0 Å². The number of aromatic nitrogens is 1. The molecular weight excluding hydrogens is 422 g/mol. The second kappa shape index (κ2) is 10.0. The van der Waals surface area contributed by atoms with E-state index in [2.05, 4.69) is 17.5 Å². The van der Waals surface area contributed by atoms with Gasteiger partial charge in [0.05, 0.1) is 23.2 Å². The number of nitrogens with zero attached hydrogens (tertiary/aromatic N) is 2. The number of aromatic carboxylic acids is 1. The van der Waals surface area contributed by atoms with Gasteiger partial charge in [-0.05, 0) is 31.2 Å². The number of pyridine rings is 1. The van der Waals surface area contributed by atoms with Crippen molar-refractivity contribution in [2.75, 3.05) is 18.0 Å². The average Bonchev–Trinajstić information content (AvgIpc) is 2.80. The number of carboxylic acids is 1. The maximum atomic E-state index is 13.4. The molecular formula is C21H23N3O6S. The Labute approximate surface area is 180 Å². The Morgan fingerprint density at radius 2 is 1.87 bits per heavy atom. The lowest BCUT2D eigenvalue weighted by molar-refractivity contribution is 0.0697. The number of nitrogens with two attached hydrogens (primary N) is 1. The summed E-state index contributed by atoms with van der Waals surface area (Å²) in [5, 5.41) is 16.6. The van der Waals surface area contributed by atoms with E-state index in [1.54, 1.807) is 43.3 Å². The third-order valence-corrected chi connectivity index (χ3v) is 6.42. The van der Waals surface area contributed by atoms with Gasteiger partial charge in [0.25, 0.3) is 10.0 Å². The maximum absolute atomic E-state index is 13.4. The van der Waals surface area contributed by atoms with Gasteiger partial charge in [0.1, 0.15) is 11.3 Å². The lowest BCUT2D eigenvalue weighted by Gasteiger charge is -2.26. The molecule has 2 aromatic carbocycles. The van der Waals surface area contributed by atoms with Crippen LogP contribution in [0.5, 0.6) is 5.75 Å². The van der Waals surface area contributed by atoms with E-state index in [1.165, 1.54) is 25.4 Å². The summed E-state index contributed by atoms with van der Waals surface area (Å²) >= 11 is 0. The van der Waals surface area contributed by atoms with Crippen LogP contribution < -0.4 is 14.9 Å². The number of benzene rings is 2. The lowest BCUT2D eigenvalue weighted by Crippen LogP contribution is -2.32. The number of carboxylic acid groups (broad SMARTS) is 1. The molecule has 0 aliphatic carbocycles. The fourth-order valence-electron chi connectivity index (χ4n) is 3.14. The minimum atomic E-state index is -4.04. The third-order valence-electron chi connectivity index (χ3n) is 4.53. The summed E-state index contributed by atoms with van der Waals surface area (Å²) in [6.07, 6.45) is 2.77. The Hall–Kier alpha value is -3.47. The molecule has 164 valence electrons. The molecule has 0 saturated heterocycles. The SMILES string of the molecule is C=Cc1cccc2c(N(CC)S(=O)(=O)c3ccc(OC)cc3)c(C(=O)O)cnc12.NO. The first-order valence-corrected chi connectivity index (χ1v) is 10.5. The molecule has 0 aliphatic heterocycles. The summed E-state index contributed by atoms with van der Waals surface area (Å²) < 4.78 is 33.0. The molecule has 10 heteroatoms. The van der Waals surface area contributed by atoms with Crippen molar-refractivity contribution in [3.05, 3.63) is 66.4 Å². The summed E-state index contributed by atoms with van der Waals surface area (Å²) in [6, 6.07) is 11.1. The zero-order valence-electron chi connectivity index (χ0n) is 17.0. The third kappa shape index (κ3) is 4.50. The maximum Gasteiger partial charge on any atom is 0.339 e. The van der Waals surface area contributed by atoms with E-state index in [-0.39, 0.29) is 22.7 Å². The predicted molar refractivity (Wildman–Crippen MR) is 118 cm³/mol. The summed E-state index contributed by atoms with van der Waals surface area (Å²) in [6.45, 7) is 5.43. The first-order valence-electron chi connectivity index (χ1n) is 9.05. The molecule has 3 aromatic rings. The van der Waals surface area contributed by atoms with Gasteiger partial charge >= 0.3 is 5.97 Å². The number of fused-ring (bicyclic) bond motifs is 1. The van der Waals surface area contributed by atoms with Crippen molar-refractivity contribution in [1.29, 1.82) is 0 Å². The molecule has 1 aromatic heterocycles. The van der Waals surface area contributed by atoms with Crippen LogP contribution in [0, 0.1) is 0 Å². The van der Waals surface area contributed by atoms with Gasteiger partial charge in [-0.2, -0.15) is 0 Å². The molecule has 0 fully saturated rings. The fraction of sp³-hybridized carbons (Fsp3) is 0.143. The van der Waals surface area contributed by atoms with Gasteiger partial charge in [-0.3, -0.25) is 9.29 Å². The number of ether oxygens (including phenoxy) is 1. The normalized spacial score (nSPS) is 10.7. The average molecular weight is 445 g/mol. The van der Waals surface area contributed by atoms with Crippen LogP contribution in [-0.2, 0) is 10.0 Å². The first-order chi connectivity index (χ1) is 14.8. The van der Waals surface area contributed by atoms with Crippen molar-refractivity contribution in [3.8, 4) is 5.75 Å². The van der Waals surface area contributed by atoms with Crippen molar-refractivity contribution < 1.29 is 28.3 Å². The Bertz CT molecular complexity index is 1190. The molecule has 1 heterocycles. The van der Waals surface area contributed by atoms with Gasteiger partial charge in [-0.25, -0.2) is 19.1 Å². The zero-order chi connectivity index (χ0) is 23.2. The largest absolute Gasteiger partial charge is 0.497 e. The summed E-state index contributed by atoms with van der Waals surface area (Å²) in [4.78, 5) is 16.2. The summed E-state index contributed by atoms with van der Waals surface area (Å²) in [7, 11) is -2.55. The number of sulfonamides is 1. The van der Waals surface area contributed by atoms with Crippen LogP contribution in [-0.4, -0.2) is 43.3 Å². The topological polar surface area (TPSA) is 143 Å². The highest BCUT2D eigenvalue weighted by Crippen LogP contribution is 2.35. The molecule has 0 atom stereocenters. The van der Waals surface area contributed by atoms with Gasteiger partial charge in [-0.15, -0.1) is 0 Å². The molecule has 0 amide bonds. The van der Waals surface area contributed by atoms with E-state index in [0.717, 1.165) is 4.31 Å². The number of methoxy groups -OCH3 is 1. The molecule has 0 unspecified atom stereocenters. The van der Waals surface area contributed by atoms with Crippen molar-refractivity contribution in [3.63, 3.8) is 0 Å². The fourth-order valence-corrected chi connectivity index (χ4v) is 4.66. The monoisotopic (exact) mass is 445 g/mol. The highest BCUT2D eigenvalue weighted by atomic mass is 32.2. The number of hydrogen-bond donors (Lipinski definition) is 3. The molecule has 3 rings (SSSR count). The second-order valence-corrected chi connectivity index (χ2v) is 7.98. The van der Waals surface area contributed by atoms with Gasteiger partial charge in [0, 0.05) is 23.7 Å². The standard InChI is InChI=1S/C21H20N2O5S.H3NO/c1-4-14-7-6-8-17-19(14)22-13-18(21(24)25)20(17)23(5-2)29(26,27)16-11-9-15(28-3)10-12-16;1-2/h4,6-13H,1,5H2,2-3H3,(H,24,25);2H,1H2. The molecule has 0 saturated carbocycles. The molecule has 0 bridgehead atoms. The van der Waals surface area contributed by atoms with Crippen molar-refractivity contribution in [2.45, 2.75) is 11.8 Å². The van der Waals surface area contributed by atoms with Crippen LogP contribution in [0.3, 0.4) is 0 Å². The van der Waals surface area contributed by atoms with Gasteiger partial charge in [-0.1, -0.05) is 30.9 Å². The van der Waals surface area contributed by atoms with Crippen LogP contribution in [0.2, 0.25) is 0 Å². The van der Waals surface area contributed by atoms with Crippen molar-refractivity contribution in [2.24, 2.45) is 5.90 Å². The highest BCUT2D eigenvalue weighted by Gasteiger charge is 2.29. The van der Waals surface area contributed by atoms with Crippen molar-refractivity contribution >= 4 is 38.7 Å². The van der Waals surface area contributed by atoms with Crippen molar-refractivity contribution in [1.82, 2.24) is 4.98 Å².